The van der Waals surface area contributed by atoms with Crippen molar-refractivity contribution in [2.45, 2.75) is 12.8 Å². The minimum atomic E-state index is 1.18. The molecule has 17 heavy (non-hydrogen) atoms. The van der Waals surface area contributed by atoms with Gasteiger partial charge in [-0.05, 0) is 30.5 Å². The normalized spacial score (nSPS) is 14.6. The van der Waals surface area contributed by atoms with E-state index in [1.807, 2.05) is 11.3 Å². The Kier molecular flexibility index (Phi) is 1.80. The van der Waals surface area contributed by atoms with Crippen LogP contribution in [0.25, 0.3) is 27.2 Å². The second kappa shape index (κ2) is 3.23. The van der Waals surface area contributed by atoms with Crippen molar-refractivity contribution >= 4 is 38.5 Å². The summed E-state index contributed by atoms with van der Waals surface area (Å²) in [6.45, 7) is 0. The van der Waals surface area contributed by atoms with Crippen LogP contribution in [0.15, 0.2) is 30.3 Å². The second-order valence-corrected chi connectivity index (χ2v) is 5.69. The Morgan fingerprint density at radius 2 is 2.12 bits per heavy atom. The maximum atomic E-state index is 2.36. The predicted octanol–water partition coefficient (Wildman–Crippen LogP) is 4.35. The van der Waals surface area contributed by atoms with Crippen molar-refractivity contribution < 1.29 is 0 Å². The maximum absolute atomic E-state index is 2.36. The molecule has 0 aliphatic heterocycles. The SMILES string of the molecule is Cn1c2ccccc2c2sc3c(c21)CCC=C3. The van der Waals surface area contributed by atoms with Crippen molar-refractivity contribution in [1.29, 1.82) is 0 Å². The molecule has 0 atom stereocenters. The molecule has 1 aromatic carbocycles. The summed E-state index contributed by atoms with van der Waals surface area (Å²) in [7, 11) is 2.19. The lowest BCUT2D eigenvalue weighted by Gasteiger charge is -2.06. The number of fused-ring (bicyclic) bond motifs is 5. The molecule has 0 spiro atoms. The molecular weight excluding hydrogens is 226 g/mol. The Balaban J connectivity index is 2.26. The average Bonchev–Trinajstić information content (AvgIpc) is 2.88. The molecule has 1 aliphatic carbocycles. The van der Waals surface area contributed by atoms with Gasteiger partial charge in [-0.1, -0.05) is 24.3 Å². The van der Waals surface area contributed by atoms with Crippen LogP contribution in [0.1, 0.15) is 16.9 Å². The number of aryl methyl sites for hydroxylation is 2. The molecule has 1 nitrogen and oxygen atoms in total. The van der Waals surface area contributed by atoms with E-state index in [-0.39, 0.29) is 0 Å². The summed E-state index contributed by atoms with van der Waals surface area (Å²) in [5.41, 5.74) is 4.35. The summed E-state index contributed by atoms with van der Waals surface area (Å²) in [5, 5.41) is 1.40. The van der Waals surface area contributed by atoms with E-state index in [4.69, 9.17) is 0 Å². The minimum Gasteiger partial charge on any atom is -0.343 e. The van der Waals surface area contributed by atoms with Gasteiger partial charge >= 0.3 is 0 Å². The van der Waals surface area contributed by atoms with Gasteiger partial charge in [-0.3, -0.25) is 0 Å². The molecule has 0 fully saturated rings. The third-order valence-electron chi connectivity index (χ3n) is 3.69. The molecule has 0 bridgehead atoms. The van der Waals surface area contributed by atoms with Crippen LogP contribution in [0.4, 0.5) is 0 Å². The smallest absolute Gasteiger partial charge is 0.0637 e. The molecule has 4 rings (SSSR count). The van der Waals surface area contributed by atoms with Gasteiger partial charge in [-0.15, -0.1) is 11.3 Å². The van der Waals surface area contributed by atoms with Crippen molar-refractivity contribution in [2.75, 3.05) is 0 Å². The third kappa shape index (κ3) is 1.14. The molecule has 0 saturated carbocycles. The van der Waals surface area contributed by atoms with Crippen LogP contribution in [-0.4, -0.2) is 4.57 Å². The van der Waals surface area contributed by atoms with Crippen LogP contribution in [-0.2, 0) is 13.5 Å². The van der Waals surface area contributed by atoms with Crippen LogP contribution in [0.3, 0.4) is 0 Å². The van der Waals surface area contributed by atoms with Gasteiger partial charge in [0.05, 0.1) is 10.2 Å². The molecule has 0 amide bonds. The first-order valence-electron chi connectivity index (χ1n) is 6.01. The lowest BCUT2D eigenvalue weighted by molar-refractivity contribution is 0.961. The van der Waals surface area contributed by atoms with Gasteiger partial charge in [0.2, 0.25) is 0 Å². The van der Waals surface area contributed by atoms with E-state index in [0.717, 1.165) is 0 Å². The Morgan fingerprint density at radius 1 is 1.24 bits per heavy atom. The number of allylic oxidation sites excluding steroid dienone is 1. The fraction of sp³-hybridized carbons (Fsp3) is 0.200. The summed E-state index contributed by atoms with van der Waals surface area (Å²) >= 11 is 1.94. The van der Waals surface area contributed by atoms with Gasteiger partial charge in [0.1, 0.15) is 0 Å². The average molecular weight is 239 g/mol. The first kappa shape index (κ1) is 9.49. The van der Waals surface area contributed by atoms with Crippen molar-refractivity contribution in [3.05, 3.63) is 40.8 Å². The molecule has 84 valence electrons. The van der Waals surface area contributed by atoms with E-state index < -0.39 is 0 Å². The fourth-order valence-electron chi connectivity index (χ4n) is 2.88. The molecule has 3 aromatic rings. The highest BCUT2D eigenvalue weighted by Crippen LogP contribution is 2.40. The predicted molar refractivity (Wildman–Crippen MR) is 75.7 cm³/mol. The third-order valence-corrected chi connectivity index (χ3v) is 4.91. The van der Waals surface area contributed by atoms with Crippen LogP contribution in [0.2, 0.25) is 0 Å². The molecule has 0 N–H and O–H groups in total. The molecular formula is C15H13NS. The number of rotatable bonds is 0. The van der Waals surface area contributed by atoms with Crippen LogP contribution >= 0.6 is 11.3 Å². The topological polar surface area (TPSA) is 4.93 Å². The molecule has 2 heterocycles. The quantitative estimate of drug-likeness (QED) is 0.549. The van der Waals surface area contributed by atoms with Crippen molar-refractivity contribution in [1.82, 2.24) is 4.57 Å². The molecule has 2 aromatic heterocycles. The van der Waals surface area contributed by atoms with Crippen molar-refractivity contribution in [3.8, 4) is 0 Å². The Morgan fingerprint density at radius 3 is 3.06 bits per heavy atom. The zero-order chi connectivity index (χ0) is 11.4. The molecule has 0 saturated heterocycles. The summed E-state index contributed by atoms with van der Waals surface area (Å²) < 4.78 is 3.82. The molecule has 2 heteroatoms. The highest BCUT2D eigenvalue weighted by atomic mass is 32.1. The number of aromatic nitrogens is 1. The number of hydrogen-bond donors (Lipinski definition) is 0. The number of hydrogen-bond acceptors (Lipinski definition) is 1. The van der Waals surface area contributed by atoms with E-state index in [1.165, 1.54) is 38.8 Å². The standard InChI is InChI=1S/C15H13NS/c1-16-12-8-4-2-6-10(12)15-14(16)11-7-3-5-9-13(11)17-15/h2,4-6,8-9H,3,7H2,1H3. The minimum absolute atomic E-state index is 1.18. The monoisotopic (exact) mass is 239 g/mol. The lowest BCUT2D eigenvalue weighted by Crippen LogP contribution is -1.94. The van der Waals surface area contributed by atoms with Gasteiger partial charge < -0.3 is 4.57 Å². The van der Waals surface area contributed by atoms with Crippen LogP contribution in [0, 0.1) is 0 Å². The van der Waals surface area contributed by atoms with E-state index in [1.54, 1.807) is 5.56 Å². The van der Waals surface area contributed by atoms with Crippen LogP contribution < -0.4 is 0 Å². The summed E-state index contributed by atoms with van der Waals surface area (Å²) in [5.74, 6) is 0. The molecule has 1 aliphatic rings. The number of nitrogens with zero attached hydrogens (tertiary/aromatic N) is 1. The molecule has 0 radical (unpaired) electrons. The van der Waals surface area contributed by atoms with Crippen molar-refractivity contribution in [3.63, 3.8) is 0 Å². The van der Waals surface area contributed by atoms with Crippen molar-refractivity contribution in [2.24, 2.45) is 7.05 Å². The van der Waals surface area contributed by atoms with Crippen LogP contribution in [0.5, 0.6) is 0 Å². The number of thiophene rings is 1. The van der Waals surface area contributed by atoms with Gasteiger partial charge in [0, 0.05) is 22.8 Å². The first-order valence-corrected chi connectivity index (χ1v) is 6.83. The number of benzene rings is 1. The fourth-order valence-corrected chi connectivity index (χ4v) is 4.23. The highest BCUT2D eigenvalue weighted by molar-refractivity contribution is 7.21. The van der Waals surface area contributed by atoms with Gasteiger partial charge in [-0.25, -0.2) is 0 Å². The van der Waals surface area contributed by atoms with E-state index in [2.05, 4.69) is 48.0 Å². The Hall–Kier alpha value is -1.54. The second-order valence-electron chi connectivity index (χ2n) is 4.64. The summed E-state index contributed by atoms with van der Waals surface area (Å²) in [6, 6.07) is 8.71. The zero-order valence-corrected chi connectivity index (χ0v) is 10.6. The zero-order valence-electron chi connectivity index (χ0n) is 9.73. The van der Waals surface area contributed by atoms with Gasteiger partial charge in [-0.2, -0.15) is 0 Å². The first-order chi connectivity index (χ1) is 8.36. The highest BCUT2D eigenvalue weighted by Gasteiger charge is 2.18. The lowest BCUT2D eigenvalue weighted by atomic mass is 10.0. The van der Waals surface area contributed by atoms with E-state index >= 15 is 0 Å². The Bertz CT molecular complexity index is 758. The summed E-state index contributed by atoms with van der Waals surface area (Å²) in [6.07, 6.45) is 6.95. The largest absolute Gasteiger partial charge is 0.343 e. The molecule has 0 unspecified atom stereocenters. The van der Waals surface area contributed by atoms with Gasteiger partial charge in [0.25, 0.3) is 0 Å². The van der Waals surface area contributed by atoms with Gasteiger partial charge in [0.15, 0.2) is 0 Å². The summed E-state index contributed by atoms with van der Waals surface area (Å²) in [4.78, 5) is 1.46. The number of para-hydroxylation sites is 1. The Labute approximate surface area is 104 Å². The van der Waals surface area contributed by atoms with E-state index in [9.17, 15) is 0 Å². The maximum Gasteiger partial charge on any atom is 0.0637 e. The van der Waals surface area contributed by atoms with E-state index in [0.29, 0.717) is 0 Å².